The highest BCUT2D eigenvalue weighted by atomic mass is 35.5. The van der Waals surface area contributed by atoms with Crippen LogP contribution in [0.4, 0.5) is 0 Å². The van der Waals surface area contributed by atoms with Crippen LogP contribution in [0.3, 0.4) is 0 Å². The Morgan fingerprint density at radius 2 is 1.71 bits per heavy atom. The minimum Gasteiger partial charge on any atom is -0.495 e. The number of nitrogens with zero attached hydrogens (tertiary/aromatic N) is 1. The van der Waals surface area contributed by atoms with E-state index in [4.69, 9.17) is 16.3 Å². The number of fused-ring (bicyclic) bond motifs is 1. The molecule has 0 aliphatic heterocycles. The van der Waals surface area contributed by atoms with Crippen molar-refractivity contribution in [3.8, 4) is 5.75 Å². The number of aliphatic carboxylic acids is 1. The van der Waals surface area contributed by atoms with Crippen LogP contribution < -0.4 is 4.74 Å². The lowest BCUT2D eigenvalue weighted by molar-refractivity contribution is -0.137. The van der Waals surface area contributed by atoms with E-state index in [1.165, 1.54) is 61.9 Å². The van der Waals surface area contributed by atoms with Crippen molar-refractivity contribution in [1.29, 1.82) is 0 Å². The Morgan fingerprint density at radius 3 is 2.23 bits per heavy atom. The average Bonchev–Trinajstić information content (AvgIpc) is 3.00. The van der Waals surface area contributed by atoms with Crippen LogP contribution in [0.1, 0.15) is 12.6 Å². The normalized spacial score (nSPS) is 12.3. The first kappa shape index (κ1) is 23.1. The molecule has 0 fully saturated rings. The van der Waals surface area contributed by atoms with E-state index in [0.29, 0.717) is 5.02 Å². The minimum atomic E-state index is -4.24. The second kappa shape index (κ2) is 8.18. The molecule has 3 aromatic rings. The third kappa shape index (κ3) is 3.90. The van der Waals surface area contributed by atoms with Gasteiger partial charge in [0, 0.05) is 16.1 Å². The summed E-state index contributed by atoms with van der Waals surface area (Å²) in [5.41, 5.74) is 0.175. The number of rotatable bonds is 7. The van der Waals surface area contributed by atoms with E-state index in [1.807, 2.05) is 0 Å². The lowest BCUT2D eigenvalue weighted by Crippen LogP contribution is -2.11. The molecule has 0 aliphatic carbocycles. The molecule has 0 unspecified atom stereocenters. The van der Waals surface area contributed by atoms with Crippen LogP contribution in [0.15, 0.2) is 51.1 Å². The second-order valence-corrected chi connectivity index (χ2v) is 11.3. The fourth-order valence-electron chi connectivity index (χ4n) is 3.48. The summed E-state index contributed by atoms with van der Waals surface area (Å²) in [6.45, 7) is 2.30. The maximum absolute atomic E-state index is 13.6. The van der Waals surface area contributed by atoms with Crippen molar-refractivity contribution in [1.82, 2.24) is 4.57 Å². The minimum absolute atomic E-state index is 0.0874. The molecule has 0 saturated carbocycles. The van der Waals surface area contributed by atoms with Gasteiger partial charge in [-0.2, -0.15) is 0 Å². The lowest BCUT2D eigenvalue weighted by atomic mass is 10.2. The number of ether oxygens (including phenoxy) is 1. The number of methoxy groups -OCH3 is 1. The fraction of sp³-hybridized carbons (Fsp3) is 0.250. The first-order valence-corrected chi connectivity index (χ1v) is 12.6. The van der Waals surface area contributed by atoms with Gasteiger partial charge in [0.1, 0.15) is 17.2 Å². The Morgan fingerprint density at radius 1 is 1.10 bits per heavy atom. The molecular weight excluding hydrogens is 466 g/mol. The number of carbonyl (C=O) groups is 1. The maximum Gasteiger partial charge on any atom is 0.323 e. The van der Waals surface area contributed by atoms with Crippen molar-refractivity contribution in [2.75, 3.05) is 12.9 Å². The standard InChI is InChI=1S/C20H20ClNO7S2/c1-4-30(25,26)16-10-9-15(29-3)19-18(16)20(12(2)22(19)11-17(23)24)31(27,28)14-7-5-13(21)6-8-14/h5-10H,4,11H2,1-3H3,(H,23,24). The van der Waals surface area contributed by atoms with Gasteiger partial charge < -0.3 is 14.4 Å². The Bertz CT molecular complexity index is 1390. The van der Waals surface area contributed by atoms with E-state index in [0.717, 1.165) is 0 Å². The molecule has 31 heavy (non-hydrogen) atoms. The third-order valence-electron chi connectivity index (χ3n) is 4.95. The van der Waals surface area contributed by atoms with Crippen molar-refractivity contribution >= 4 is 48.1 Å². The highest BCUT2D eigenvalue weighted by molar-refractivity contribution is 7.92. The van der Waals surface area contributed by atoms with Crippen molar-refractivity contribution in [2.45, 2.75) is 35.1 Å². The SMILES string of the molecule is CCS(=O)(=O)c1ccc(OC)c2c1c(S(=O)(=O)c1ccc(Cl)cc1)c(C)n2CC(=O)O. The van der Waals surface area contributed by atoms with Gasteiger partial charge in [-0.15, -0.1) is 0 Å². The van der Waals surface area contributed by atoms with Gasteiger partial charge in [0.15, 0.2) is 9.84 Å². The number of carboxylic acids is 1. The van der Waals surface area contributed by atoms with E-state index in [9.17, 15) is 26.7 Å². The van der Waals surface area contributed by atoms with E-state index in [2.05, 4.69) is 0 Å². The molecule has 1 N–H and O–H groups in total. The van der Waals surface area contributed by atoms with Crippen LogP contribution in [-0.2, 0) is 31.0 Å². The van der Waals surface area contributed by atoms with Gasteiger partial charge in [0.05, 0.1) is 28.2 Å². The highest BCUT2D eigenvalue weighted by Gasteiger charge is 2.33. The summed E-state index contributed by atoms with van der Waals surface area (Å²) < 4.78 is 59.5. The van der Waals surface area contributed by atoms with Gasteiger partial charge in [0.2, 0.25) is 9.84 Å². The molecule has 0 atom stereocenters. The van der Waals surface area contributed by atoms with Crippen molar-refractivity contribution in [3.05, 3.63) is 47.1 Å². The van der Waals surface area contributed by atoms with Crippen LogP contribution in [-0.4, -0.2) is 45.3 Å². The van der Waals surface area contributed by atoms with Gasteiger partial charge in [-0.1, -0.05) is 18.5 Å². The van der Waals surface area contributed by atoms with Gasteiger partial charge in [-0.05, 0) is 43.3 Å². The zero-order valence-corrected chi connectivity index (χ0v) is 19.3. The Labute approximate surface area is 184 Å². The van der Waals surface area contributed by atoms with Gasteiger partial charge in [-0.25, -0.2) is 16.8 Å². The molecule has 11 heteroatoms. The summed E-state index contributed by atoms with van der Waals surface area (Å²) in [6.07, 6.45) is 0. The largest absolute Gasteiger partial charge is 0.495 e. The molecule has 1 heterocycles. The van der Waals surface area contributed by atoms with Crippen LogP contribution in [0.2, 0.25) is 5.02 Å². The molecule has 0 bridgehead atoms. The Balaban J connectivity index is 2.58. The Hall–Kier alpha value is -2.56. The Kier molecular flexibility index (Phi) is 6.09. The third-order valence-corrected chi connectivity index (χ3v) is 8.91. The van der Waals surface area contributed by atoms with Crippen LogP contribution in [0, 0.1) is 6.92 Å². The van der Waals surface area contributed by atoms with E-state index in [1.54, 1.807) is 0 Å². The van der Waals surface area contributed by atoms with Gasteiger partial charge in [-0.3, -0.25) is 4.79 Å². The zero-order chi connectivity index (χ0) is 23.1. The molecule has 1 aromatic heterocycles. The molecular formula is C20H20ClNO7S2. The zero-order valence-electron chi connectivity index (χ0n) is 16.9. The smallest absolute Gasteiger partial charge is 0.323 e. The van der Waals surface area contributed by atoms with Gasteiger partial charge >= 0.3 is 5.97 Å². The summed E-state index contributed by atoms with van der Waals surface area (Å²) >= 11 is 5.88. The molecule has 2 aromatic carbocycles. The summed E-state index contributed by atoms with van der Waals surface area (Å²) in [6, 6.07) is 8.11. The van der Waals surface area contributed by atoms with E-state index >= 15 is 0 Å². The van der Waals surface area contributed by atoms with Crippen molar-refractivity contribution in [2.24, 2.45) is 0 Å². The second-order valence-electron chi connectivity index (χ2n) is 6.74. The molecule has 166 valence electrons. The predicted molar refractivity (Wildman–Crippen MR) is 115 cm³/mol. The summed E-state index contributed by atoms with van der Waals surface area (Å²) in [5, 5.41) is 9.65. The number of aromatic nitrogens is 1. The first-order chi connectivity index (χ1) is 14.5. The lowest BCUT2D eigenvalue weighted by Gasteiger charge is -2.11. The number of sulfone groups is 2. The number of hydrogen-bond acceptors (Lipinski definition) is 6. The quantitative estimate of drug-likeness (QED) is 0.545. The van der Waals surface area contributed by atoms with Gasteiger partial charge in [0.25, 0.3) is 0 Å². The summed E-state index contributed by atoms with van der Waals surface area (Å²) in [4.78, 5) is 10.9. The molecule has 0 aliphatic rings. The van der Waals surface area contributed by atoms with Crippen molar-refractivity contribution < 1.29 is 31.5 Å². The number of carboxylic acid groups (broad SMARTS) is 1. The first-order valence-electron chi connectivity index (χ1n) is 9.10. The summed E-state index contributed by atoms with van der Waals surface area (Å²) in [7, 11) is -6.75. The van der Waals surface area contributed by atoms with Crippen LogP contribution in [0.5, 0.6) is 5.75 Å². The topological polar surface area (TPSA) is 120 Å². The molecule has 8 nitrogen and oxygen atoms in total. The highest BCUT2D eigenvalue weighted by Crippen LogP contribution is 2.42. The number of benzene rings is 2. The number of halogens is 1. The fourth-order valence-corrected chi connectivity index (χ4v) is 6.48. The van der Waals surface area contributed by atoms with Crippen LogP contribution >= 0.6 is 11.6 Å². The number of hydrogen-bond donors (Lipinski definition) is 1. The molecule has 0 spiro atoms. The molecule has 0 radical (unpaired) electrons. The van der Waals surface area contributed by atoms with Crippen LogP contribution in [0.25, 0.3) is 10.9 Å². The van der Waals surface area contributed by atoms with Crippen molar-refractivity contribution in [3.63, 3.8) is 0 Å². The predicted octanol–water partition coefficient (Wildman–Crippen LogP) is 3.32. The monoisotopic (exact) mass is 485 g/mol. The summed E-state index contributed by atoms with van der Waals surface area (Å²) in [5.74, 6) is -1.33. The molecule has 0 saturated heterocycles. The average molecular weight is 486 g/mol. The van der Waals surface area contributed by atoms with E-state index in [-0.39, 0.29) is 42.8 Å². The molecule has 3 rings (SSSR count). The molecule has 0 amide bonds. The maximum atomic E-state index is 13.6. The van der Waals surface area contributed by atoms with E-state index < -0.39 is 32.2 Å².